The van der Waals surface area contributed by atoms with Crippen molar-refractivity contribution in [2.24, 2.45) is 0 Å². The number of carbonyl (C=O) groups excluding carboxylic acids is 2. The van der Waals surface area contributed by atoms with E-state index in [-0.39, 0.29) is 18.1 Å². The normalized spacial score (nSPS) is 10.1. The molecule has 7 nitrogen and oxygen atoms in total. The maximum Gasteiger partial charge on any atom is 0.303 e. The molecule has 7 heteroatoms. The van der Waals surface area contributed by atoms with Gasteiger partial charge in [0.15, 0.2) is 12.4 Å². The van der Waals surface area contributed by atoms with Crippen LogP contribution in [0.5, 0.6) is 0 Å². The molecular weight excluding hydrogens is 278 g/mol. The zero-order valence-corrected chi connectivity index (χ0v) is 11.1. The summed E-state index contributed by atoms with van der Waals surface area (Å²) in [6.45, 7) is 0.820. The van der Waals surface area contributed by atoms with E-state index < -0.39 is 16.7 Å². The summed E-state index contributed by atoms with van der Waals surface area (Å²) in [5, 5.41) is 10.6. The second-order valence-electron chi connectivity index (χ2n) is 4.17. The molecule has 21 heavy (non-hydrogen) atoms. The van der Waals surface area contributed by atoms with Crippen LogP contribution >= 0.6 is 0 Å². The average molecular weight is 289 g/mol. The second kappa shape index (κ2) is 6.00. The van der Waals surface area contributed by atoms with E-state index in [2.05, 4.69) is 4.74 Å². The smallest absolute Gasteiger partial charge is 0.303 e. The molecule has 0 saturated carbocycles. The zero-order valence-electron chi connectivity index (χ0n) is 11.1. The number of carbonyl (C=O) groups is 2. The largest absolute Gasteiger partial charge is 0.457 e. The van der Waals surface area contributed by atoms with Crippen molar-refractivity contribution >= 4 is 17.4 Å². The number of non-ortho nitro benzene ring substituents is 1. The summed E-state index contributed by atoms with van der Waals surface area (Å²) in [6.07, 6.45) is 0. The molecule has 0 fully saturated rings. The predicted molar refractivity (Wildman–Crippen MR) is 71.8 cm³/mol. The highest BCUT2D eigenvalue weighted by atomic mass is 16.6. The Morgan fingerprint density at radius 1 is 1.19 bits per heavy atom. The van der Waals surface area contributed by atoms with Gasteiger partial charge in [-0.1, -0.05) is 0 Å². The first-order valence-corrected chi connectivity index (χ1v) is 5.98. The quantitative estimate of drug-likeness (QED) is 0.363. The average Bonchev–Trinajstić information content (AvgIpc) is 2.94. The van der Waals surface area contributed by atoms with Crippen molar-refractivity contribution in [1.82, 2.24) is 0 Å². The van der Waals surface area contributed by atoms with Gasteiger partial charge in [0.2, 0.25) is 5.78 Å². The van der Waals surface area contributed by atoms with Gasteiger partial charge in [0, 0.05) is 24.6 Å². The summed E-state index contributed by atoms with van der Waals surface area (Å²) < 4.78 is 9.95. The topological polar surface area (TPSA) is 99.7 Å². The number of rotatable bonds is 5. The summed E-state index contributed by atoms with van der Waals surface area (Å²) in [4.78, 5) is 32.4. The van der Waals surface area contributed by atoms with E-state index in [1.165, 1.54) is 37.3 Å². The molecule has 1 heterocycles. The third kappa shape index (κ3) is 3.53. The number of hydrogen-bond acceptors (Lipinski definition) is 6. The van der Waals surface area contributed by atoms with Gasteiger partial charge in [-0.2, -0.15) is 0 Å². The highest BCUT2D eigenvalue weighted by Gasteiger charge is 2.14. The monoisotopic (exact) mass is 289 g/mol. The maximum absolute atomic E-state index is 11.7. The van der Waals surface area contributed by atoms with Crippen LogP contribution in [-0.2, 0) is 9.53 Å². The number of nitrogens with zero attached hydrogens (tertiary/aromatic N) is 1. The van der Waals surface area contributed by atoms with Gasteiger partial charge in [-0.15, -0.1) is 0 Å². The molecule has 0 N–H and O–H groups in total. The first-order valence-electron chi connectivity index (χ1n) is 5.98. The van der Waals surface area contributed by atoms with E-state index in [1.54, 1.807) is 6.07 Å². The van der Waals surface area contributed by atoms with Crippen LogP contribution < -0.4 is 0 Å². The maximum atomic E-state index is 11.7. The third-order valence-electron chi connectivity index (χ3n) is 2.65. The van der Waals surface area contributed by atoms with Crippen LogP contribution in [0.2, 0.25) is 0 Å². The van der Waals surface area contributed by atoms with Gasteiger partial charge >= 0.3 is 5.97 Å². The summed E-state index contributed by atoms with van der Waals surface area (Å²) in [5.74, 6) is -0.551. The first kappa shape index (κ1) is 14.4. The molecule has 0 unspecified atom stereocenters. The minimum absolute atomic E-state index is 0.0311. The molecule has 0 aliphatic carbocycles. The van der Waals surface area contributed by atoms with E-state index in [9.17, 15) is 19.7 Å². The molecule has 108 valence electrons. The lowest BCUT2D eigenvalue weighted by Gasteiger charge is -1.99. The number of nitro groups is 1. The van der Waals surface area contributed by atoms with Gasteiger partial charge in [-0.3, -0.25) is 19.7 Å². The Balaban J connectivity index is 2.13. The van der Waals surface area contributed by atoms with E-state index >= 15 is 0 Å². The minimum atomic E-state index is -0.550. The molecule has 0 atom stereocenters. The van der Waals surface area contributed by atoms with Gasteiger partial charge in [-0.05, 0) is 24.3 Å². The molecule has 0 radical (unpaired) electrons. The zero-order chi connectivity index (χ0) is 15.4. The van der Waals surface area contributed by atoms with Gasteiger partial charge in [0.25, 0.3) is 5.69 Å². The molecule has 1 aromatic heterocycles. The first-order chi connectivity index (χ1) is 9.97. The van der Waals surface area contributed by atoms with Crippen LogP contribution in [0.1, 0.15) is 17.5 Å². The van der Waals surface area contributed by atoms with Crippen molar-refractivity contribution in [2.75, 3.05) is 6.61 Å². The van der Waals surface area contributed by atoms with Crippen molar-refractivity contribution < 1.29 is 23.7 Å². The van der Waals surface area contributed by atoms with Gasteiger partial charge in [0.05, 0.1) is 4.92 Å². The fourth-order valence-electron chi connectivity index (χ4n) is 1.63. The Bertz CT molecular complexity index is 686. The standard InChI is InChI=1S/C14H11NO6/c1-9(16)20-8-12(17)14-7-6-13(21-14)10-2-4-11(5-3-10)15(18)19/h2-7H,8H2,1H3. The summed E-state index contributed by atoms with van der Waals surface area (Å²) in [6, 6.07) is 8.77. The van der Waals surface area contributed by atoms with Crippen LogP contribution in [0, 0.1) is 10.1 Å². The second-order valence-corrected chi connectivity index (χ2v) is 4.17. The van der Waals surface area contributed by atoms with Gasteiger partial charge in [0.1, 0.15) is 5.76 Å². The number of benzene rings is 1. The number of esters is 1. The van der Waals surface area contributed by atoms with E-state index in [1.807, 2.05) is 0 Å². The molecule has 2 aromatic rings. The van der Waals surface area contributed by atoms with Crippen molar-refractivity contribution in [3.05, 3.63) is 52.3 Å². The number of ketones is 1. The lowest BCUT2D eigenvalue weighted by atomic mass is 10.1. The lowest BCUT2D eigenvalue weighted by molar-refractivity contribution is -0.384. The van der Waals surface area contributed by atoms with E-state index in [4.69, 9.17) is 4.42 Å². The molecular formula is C14H11NO6. The summed E-state index contributed by atoms with van der Waals surface area (Å²) >= 11 is 0. The summed E-state index contributed by atoms with van der Waals surface area (Å²) in [7, 11) is 0. The van der Waals surface area contributed by atoms with Crippen LogP contribution in [0.15, 0.2) is 40.8 Å². The highest BCUT2D eigenvalue weighted by molar-refractivity contribution is 5.95. The third-order valence-corrected chi connectivity index (χ3v) is 2.65. The van der Waals surface area contributed by atoms with Crippen molar-refractivity contribution in [3.8, 4) is 11.3 Å². The fraction of sp³-hybridized carbons (Fsp3) is 0.143. The molecule has 0 amide bonds. The van der Waals surface area contributed by atoms with Crippen molar-refractivity contribution in [3.63, 3.8) is 0 Å². The fourth-order valence-corrected chi connectivity index (χ4v) is 1.63. The Kier molecular flexibility index (Phi) is 4.13. The van der Waals surface area contributed by atoms with E-state index in [0.717, 1.165) is 0 Å². The number of furan rings is 1. The van der Waals surface area contributed by atoms with Gasteiger partial charge < -0.3 is 9.15 Å². The Labute approximate surface area is 119 Å². The molecule has 0 aliphatic heterocycles. The van der Waals surface area contributed by atoms with Gasteiger partial charge in [-0.25, -0.2) is 0 Å². The van der Waals surface area contributed by atoms with Crippen LogP contribution in [-0.4, -0.2) is 23.3 Å². The highest BCUT2D eigenvalue weighted by Crippen LogP contribution is 2.24. The number of hydrogen-bond donors (Lipinski definition) is 0. The number of Topliss-reactive ketones (excluding diaryl/α,β-unsaturated/α-hetero) is 1. The summed E-state index contributed by atoms with van der Waals surface area (Å²) in [5.41, 5.74) is 0.573. The Hall–Kier alpha value is -2.96. The molecule has 2 rings (SSSR count). The van der Waals surface area contributed by atoms with E-state index in [0.29, 0.717) is 11.3 Å². The van der Waals surface area contributed by atoms with Crippen molar-refractivity contribution in [1.29, 1.82) is 0 Å². The molecule has 0 saturated heterocycles. The lowest BCUT2D eigenvalue weighted by Crippen LogP contribution is -2.10. The Morgan fingerprint density at radius 2 is 1.86 bits per heavy atom. The SMILES string of the molecule is CC(=O)OCC(=O)c1ccc(-c2ccc([N+](=O)[O-])cc2)o1. The molecule has 1 aromatic carbocycles. The number of nitro benzene ring substituents is 1. The minimum Gasteiger partial charge on any atom is -0.457 e. The predicted octanol–water partition coefficient (Wildman–Crippen LogP) is 2.60. The molecule has 0 aliphatic rings. The number of ether oxygens (including phenoxy) is 1. The van der Waals surface area contributed by atoms with Crippen molar-refractivity contribution in [2.45, 2.75) is 6.92 Å². The van der Waals surface area contributed by atoms with Crippen LogP contribution in [0.3, 0.4) is 0 Å². The molecule has 0 bridgehead atoms. The molecule has 0 spiro atoms. The Morgan fingerprint density at radius 3 is 2.43 bits per heavy atom. The van der Waals surface area contributed by atoms with Crippen LogP contribution in [0.4, 0.5) is 5.69 Å². The van der Waals surface area contributed by atoms with Crippen LogP contribution in [0.25, 0.3) is 11.3 Å².